The summed E-state index contributed by atoms with van der Waals surface area (Å²) in [5, 5.41) is 14.4. The second-order valence-electron chi connectivity index (χ2n) is 5.33. The number of carbonyl (C=O) groups excluding carboxylic acids is 1. The lowest BCUT2D eigenvalue weighted by atomic mass is 10.3. The van der Waals surface area contributed by atoms with Crippen LogP contribution in [-0.4, -0.2) is 38.5 Å². The van der Waals surface area contributed by atoms with Crippen molar-refractivity contribution in [3.8, 4) is 11.4 Å². The second kappa shape index (κ2) is 7.96. The Kier molecular flexibility index (Phi) is 5.47. The van der Waals surface area contributed by atoms with Crippen LogP contribution in [0.1, 0.15) is 6.92 Å². The Morgan fingerprint density at radius 3 is 2.54 bits per heavy atom. The molecule has 1 N–H and O–H groups in total. The molecule has 1 heterocycles. The van der Waals surface area contributed by atoms with E-state index in [1.807, 2.05) is 12.1 Å². The Balaban J connectivity index is 1.69. The number of benzene rings is 2. The monoisotopic (exact) mass is 373 g/mol. The summed E-state index contributed by atoms with van der Waals surface area (Å²) in [5.41, 5.74) is 1.28. The van der Waals surface area contributed by atoms with Crippen LogP contribution in [0.4, 0.5) is 10.1 Å². The molecular formula is C17H16FN5O2S. The van der Waals surface area contributed by atoms with Crippen LogP contribution in [0.5, 0.6) is 5.75 Å². The highest BCUT2D eigenvalue weighted by Crippen LogP contribution is 2.24. The van der Waals surface area contributed by atoms with Gasteiger partial charge in [-0.2, -0.15) is 4.68 Å². The predicted octanol–water partition coefficient (Wildman–Crippen LogP) is 2.93. The molecule has 0 fully saturated rings. The van der Waals surface area contributed by atoms with Crippen LogP contribution in [0.3, 0.4) is 0 Å². The Labute approximate surface area is 153 Å². The highest BCUT2D eigenvalue weighted by molar-refractivity contribution is 8.00. The lowest BCUT2D eigenvalue weighted by Crippen LogP contribution is -2.22. The number of carbonyl (C=O) groups is 1. The normalized spacial score (nSPS) is 11.8. The van der Waals surface area contributed by atoms with E-state index in [-0.39, 0.29) is 11.7 Å². The first-order valence-electron chi connectivity index (χ1n) is 7.72. The first-order valence-corrected chi connectivity index (χ1v) is 8.60. The van der Waals surface area contributed by atoms with Crippen molar-refractivity contribution in [3.63, 3.8) is 0 Å². The van der Waals surface area contributed by atoms with E-state index < -0.39 is 5.25 Å². The minimum absolute atomic E-state index is 0.231. The molecule has 7 nitrogen and oxygen atoms in total. The summed E-state index contributed by atoms with van der Waals surface area (Å²) in [5.74, 6) is 0.137. The number of anilines is 1. The predicted molar refractivity (Wildman–Crippen MR) is 96.1 cm³/mol. The Morgan fingerprint density at radius 2 is 1.88 bits per heavy atom. The summed E-state index contributed by atoms with van der Waals surface area (Å²) < 4.78 is 19.6. The molecule has 0 aliphatic rings. The molecule has 1 amide bonds. The van der Waals surface area contributed by atoms with Gasteiger partial charge in [-0.05, 0) is 65.9 Å². The molecule has 0 radical (unpaired) electrons. The Hall–Kier alpha value is -2.94. The molecule has 0 bridgehead atoms. The largest absolute Gasteiger partial charge is 0.497 e. The highest BCUT2D eigenvalue weighted by Gasteiger charge is 2.19. The number of amides is 1. The van der Waals surface area contributed by atoms with Crippen LogP contribution >= 0.6 is 11.8 Å². The number of rotatable bonds is 6. The lowest BCUT2D eigenvalue weighted by Gasteiger charge is -2.12. The Morgan fingerprint density at radius 1 is 1.19 bits per heavy atom. The average Bonchev–Trinajstić information content (AvgIpc) is 3.11. The summed E-state index contributed by atoms with van der Waals surface area (Å²) in [6.45, 7) is 1.75. The van der Waals surface area contributed by atoms with Crippen molar-refractivity contribution in [3.05, 3.63) is 54.3 Å². The first-order chi connectivity index (χ1) is 12.6. The van der Waals surface area contributed by atoms with Gasteiger partial charge in [0, 0.05) is 5.69 Å². The van der Waals surface area contributed by atoms with E-state index in [0.29, 0.717) is 10.8 Å². The number of aromatic nitrogens is 4. The fraction of sp³-hybridized carbons (Fsp3) is 0.176. The van der Waals surface area contributed by atoms with E-state index >= 15 is 0 Å². The smallest absolute Gasteiger partial charge is 0.237 e. The molecule has 1 atom stereocenters. The number of hydrogen-bond donors (Lipinski definition) is 1. The van der Waals surface area contributed by atoms with Crippen molar-refractivity contribution in [1.82, 2.24) is 20.2 Å². The fourth-order valence-electron chi connectivity index (χ4n) is 2.13. The maximum atomic E-state index is 12.9. The molecule has 0 saturated heterocycles. The third-order valence-corrected chi connectivity index (χ3v) is 4.55. The SMILES string of the molecule is COc1ccc(-n2nnnc2SC(C)C(=O)Nc2ccc(F)cc2)cc1. The van der Waals surface area contributed by atoms with Crippen LogP contribution in [-0.2, 0) is 4.79 Å². The van der Waals surface area contributed by atoms with Gasteiger partial charge in [-0.1, -0.05) is 11.8 Å². The van der Waals surface area contributed by atoms with E-state index in [4.69, 9.17) is 4.74 Å². The van der Waals surface area contributed by atoms with Crippen LogP contribution in [0.2, 0.25) is 0 Å². The Bertz CT molecular complexity index is 883. The number of nitrogens with one attached hydrogen (secondary N) is 1. The van der Waals surface area contributed by atoms with Gasteiger partial charge in [0.25, 0.3) is 0 Å². The van der Waals surface area contributed by atoms with Crippen molar-refractivity contribution < 1.29 is 13.9 Å². The van der Waals surface area contributed by atoms with Crippen molar-refractivity contribution in [1.29, 1.82) is 0 Å². The highest BCUT2D eigenvalue weighted by atomic mass is 32.2. The molecule has 0 aliphatic heterocycles. The zero-order valence-corrected chi connectivity index (χ0v) is 14.9. The topological polar surface area (TPSA) is 81.9 Å². The minimum atomic E-state index is -0.456. The zero-order valence-electron chi connectivity index (χ0n) is 14.1. The summed E-state index contributed by atoms with van der Waals surface area (Å²) in [7, 11) is 1.59. The van der Waals surface area contributed by atoms with Gasteiger partial charge >= 0.3 is 0 Å². The van der Waals surface area contributed by atoms with Crippen molar-refractivity contribution in [2.45, 2.75) is 17.3 Å². The molecule has 2 aromatic carbocycles. The van der Waals surface area contributed by atoms with E-state index in [9.17, 15) is 9.18 Å². The number of thioether (sulfide) groups is 1. The van der Waals surface area contributed by atoms with Crippen LogP contribution in [0, 0.1) is 5.82 Å². The van der Waals surface area contributed by atoms with E-state index in [0.717, 1.165) is 11.4 Å². The molecule has 9 heteroatoms. The molecule has 26 heavy (non-hydrogen) atoms. The number of halogens is 1. The van der Waals surface area contributed by atoms with Crippen molar-refractivity contribution in [2.24, 2.45) is 0 Å². The van der Waals surface area contributed by atoms with Gasteiger partial charge in [-0.15, -0.1) is 5.10 Å². The van der Waals surface area contributed by atoms with E-state index in [1.54, 1.807) is 30.8 Å². The molecular weight excluding hydrogens is 357 g/mol. The van der Waals surface area contributed by atoms with E-state index in [1.165, 1.54) is 36.0 Å². The summed E-state index contributed by atoms with van der Waals surface area (Å²) in [4.78, 5) is 12.3. The molecule has 1 unspecified atom stereocenters. The zero-order chi connectivity index (χ0) is 18.5. The van der Waals surface area contributed by atoms with Gasteiger partial charge in [0.15, 0.2) is 0 Å². The number of methoxy groups -OCH3 is 1. The summed E-state index contributed by atoms with van der Waals surface area (Å²) >= 11 is 1.22. The average molecular weight is 373 g/mol. The standard InChI is InChI=1S/C17H16FN5O2S/c1-11(16(24)19-13-5-3-12(18)4-6-13)26-17-20-21-22-23(17)14-7-9-15(25-2)10-8-14/h3-11H,1-2H3,(H,19,24). The summed E-state index contributed by atoms with van der Waals surface area (Å²) in [6.07, 6.45) is 0. The lowest BCUT2D eigenvalue weighted by molar-refractivity contribution is -0.115. The van der Waals surface area contributed by atoms with Crippen LogP contribution in [0.25, 0.3) is 5.69 Å². The number of nitrogens with zero attached hydrogens (tertiary/aromatic N) is 4. The number of hydrogen-bond acceptors (Lipinski definition) is 6. The third kappa shape index (κ3) is 4.17. The first kappa shape index (κ1) is 17.9. The number of ether oxygens (including phenoxy) is 1. The minimum Gasteiger partial charge on any atom is -0.497 e. The van der Waals surface area contributed by atoms with Gasteiger partial charge in [-0.25, -0.2) is 4.39 Å². The van der Waals surface area contributed by atoms with Crippen molar-refractivity contribution >= 4 is 23.4 Å². The van der Waals surface area contributed by atoms with E-state index in [2.05, 4.69) is 20.8 Å². The van der Waals surface area contributed by atoms with Gasteiger partial charge in [0.05, 0.1) is 18.0 Å². The molecule has 0 saturated carbocycles. The quantitative estimate of drug-likeness (QED) is 0.669. The number of tetrazole rings is 1. The van der Waals surface area contributed by atoms with Gasteiger partial charge < -0.3 is 10.1 Å². The van der Waals surface area contributed by atoms with Gasteiger partial charge in [-0.3, -0.25) is 4.79 Å². The second-order valence-corrected chi connectivity index (χ2v) is 6.64. The molecule has 1 aromatic heterocycles. The third-order valence-electron chi connectivity index (χ3n) is 3.52. The fourth-order valence-corrected chi connectivity index (χ4v) is 2.93. The molecule has 3 aromatic rings. The van der Waals surface area contributed by atoms with Crippen LogP contribution < -0.4 is 10.1 Å². The molecule has 134 valence electrons. The van der Waals surface area contributed by atoms with Gasteiger partial charge in [0.1, 0.15) is 11.6 Å². The molecule has 0 aliphatic carbocycles. The van der Waals surface area contributed by atoms with Crippen LogP contribution in [0.15, 0.2) is 53.7 Å². The maximum Gasteiger partial charge on any atom is 0.237 e. The van der Waals surface area contributed by atoms with Crippen molar-refractivity contribution in [2.75, 3.05) is 12.4 Å². The summed E-state index contributed by atoms with van der Waals surface area (Å²) in [6, 6.07) is 12.8. The van der Waals surface area contributed by atoms with Gasteiger partial charge in [0.2, 0.25) is 11.1 Å². The molecule has 3 rings (SSSR count). The maximum absolute atomic E-state index is 12.9. The molecule has 0 spiro atoms.